The van der Waals surface area contributed by atoms with Gasteiger partial charge >= 0.3 is 5.63 Å². The zero-order valence-electron chi connectivity index (χ0n) is 24.5. The molecule has 2 unspecified atom stereocenters. The number of pyridine rings is 1. The number of carbonyl (C=O) groups is 2. The molecule has 0 saturated carbocycles. The van der Waals surface area contributed by atoms with Crippen LogP contribution in [0, 0.1) is 5.92 Å². The second-order valence-electron chi connectivity index (χ2n) is 11.4. The van der Waals surface area contributed by atoms with Gasteiger partial charge in [-0.25, -0.2) is 4.79 Å². The Hall–Kier alpha value is -5.09. The molecule has 226 valence electrons. The lowest BCUT2D eigenvalue weighted by atomic mass is 9.83. The number of anilines is 3. The van der Waals surface area contributed by atoms with E-state index in [9.17, 15) is 19.2 Å². The van der Waals surface area contributed by atoms with Gasteiger partial charge in [0, 0.05) is 53.2 Å². The summed E-state index contributed by atoms with van der Waals surface area (Å²) >= 11 is 1.53. The average Bonchev–Trinajstić information content (AvgIpc) is 3.05. The minimum Gasteiger partial charge on any atom is -0.422 e. The third kappa shape index (κ3) is 5.53. The largest absolute Gasteiger partial charge is 0.422 e. The standard InChI is InChI=1S/C35H30N4O5S/c1-45-31-11-5-3-8-26(31)36-33(41)23-13-14-29(38-18-21-15-24(20-38)28-9-6-12-32(40)39(28)19-21)27(17-23)37-34(42)25-16-22-7-2-4-10-30(22)44-35(25)43/h2-14,16-17,21,24H,15,18-20H2,1H3,(H,36,41)(H,37,42). The first-order chi connectivity index (χ1) is 21.9. The van der Waals surface area contributed by atoms with Gasteiger partial charge in [0.1, 0.15) is 11.1 Å². The van der Waals surface area contributed by atoms with Crippen LogP contribution in [-0.4, -0.2) is 35.7 Å². The van der Waals surface area contributed by atoms with E-state index in [1.54, 1.807) is 48.5 Å². The van der Waals surface area contributed by atoms with Gasteiger partial charge in [-0.15, -0.1) is 11.8 Å². The molecule has 2 aromatic heterocycles. The van der Waals surface area contributed by atoms with E-state index in [0.717, 1.165) is 22.7 Å². The summed E-state index contributed by atoms with van der Waals surface area (Å²) < 4.78 is 7.29. The molecule has 3 aromatic carbocycles. The maximum Gasteiger partial charge on any atom is 0.349 e. The normalized spacial score (nSPS) is 17.0. The van der Waals surface area contributed by atoms with Crippen molar-refractivity contribution in [3.8, 4) is 0 Å². The van der Waals surface area contributed by atoms with Gasteiger partial charge in [0.15, 0.2) is 0 Å². The van der Waals surface area contributed by atoms with Crippen molar-refractivity contribution in [1.29, 1.82) is 0 Å². The Morgan fingerprint density at radius 3 is 2.49 bits per heavy atom. The highest BCUT2D eigenvalue weighted by atomic mass is 32.2. The van der Waals surface area contributed by atoms with Crippen LogP contribution in [0.5, 0.6) is 0 Å². The fourth-order valence-corrected chi connectivity index (χ4v) is 7.05. The van der Waals surface area contributed by atoms with Crippen molar-refractivity contribution in [3.05, 3.63) is 129 Å². The molecule has 0 radical (unpaired) electrons. The lowest BCUT2D eigenvalue weighted by molar-refractivity contribution is 0.101. The van der Waals surface area contributed by atoms with Crippen LogP contribution in [0.1, 0.15) is 38.7 Å². The number of carbonyl (C=O) groups excluding carboxylic acids is 2. The summed E-state index contributed by atoms with van der Waals surface area (Å²) in [5.74, 6) is -0.588. The lowest BCUT2D eigenvalue weighted by Gasteiger charge is -2.44. The van der Waals surface area contributed by atoms with Crippen LogP contribution in [0.15, 0.2) is 110 Å². The summed E-state index contributed by atoms with van der Waals surface area (Å²) in [5, 5.41) is 6.53. The van der Waals surface area contributed by atoms with E-state index in [2.05, 4.69) is 15.5 Å². The maximum atomic E-state index is 13.6. The summed E-state index contributed by atoms with van der Waals surface area (Å²) in [7, 11) is 0. The first-order valence-electron chi connectivity index (χ1n) is 14.8. The molecule has 45 heavy (non-hydrogen) atoms. The van der Waals surface area contributed by atoms with Gasteiger partial charge in [-0.1, -0.05) is 36.4 Å². The molecule has 2 N–H and O–H groups in total. The van der Waals surface area contributed by atoms with E-state index in [-0.39, 0.29) is 28.9 Å². The van der Waals surface area contributed by atoms with Crippen molar-refractivity contribution < 1.29 is 14.0 Å². The van der Waals surface area contributed by atoms with Crippen molar-refractivity contribution in [2.45, 2.75) is 23.8 Å². The molecule has 2 aliphatic rings. The Bertz CT molecular complexity index is 2090. The SMILES string of the molecule is CSc1ccccc1NC(=O)c1ccc(N2CC3CC(C2)c2cccc(=O)n2C3)c(NC(=O)c2cc3ccccc3oc2=O)c1. The van der Waals surface area contributed by atoms with E-state index in [1.165, 1.54) is 17.8 Å². The van der Waals surface area contributed by atoms with Crippen LogP contribution in [0.2, 0.25) is 0 Å². The number of aromatic nitrogens is 1. The van der Waals surface area contributed by atoms with Gasteiger partial charge in [-0.05, 0) is 67.1 Å². The second-order valence-corrected chi connectivity index (χ2v) is 12.3. The number of para-hydroxylation sites is 2. The number of thioether (sulfide) groups is 1. The second kappa shape index (κ2) is 11.8. The van der Waals surface area contributed by atoms with Crippen LogP contribution < -0.4 is 26.7 Å². The number of nitrogens with one attached hydrogen (secondary N) is 2. The zero-order chi connectivity index (χ0) is 31.1. The molecule has 9 nitrogen and oxygen atoms in total. The highest BCUT2D eigenvalue weighted by Gasteiger charge is 2.35. The molecule has 2 aliphatic heterocycles. The van der Waals surface area contributed by atoms with Gasteiger partial charge in [0.25, 0.3) is 17.4 Å². The van der Waals surface area contributed by atoms with E-state index >= 15 is 0 Å². The molecule has 0 aliphatic carbocycles. The smallest absolute Gasteiger partial charge is 0.349 e. The number of nitrogens with zero attached hydrogens (tertiary/aromatic N) is 2. The predicted molar refractivity (Wildman–Crippen MR) is 177 cm³/mol. The number of hydrogen-bond acceptors (Lipinski definition) is 7. The van der Waals surface area contributed by atoms with E-state index in [0.29, 0.717) is 47.5 Å². The highest BCUT2D eigenvalue weighted by Crippen LogP contribution is 2.39. The Kier molecular flexibility index (Phi) is 7.50. The summed E-state index contributed by atoms with van der Waals surface area (Å²) in [5.41, 5.74) is 2.71. The van der Waals surface area contributed by atoms with Crippen molar-refractivity contribution in [2.75, 3.05) is 34.9 Å². The van der Waals surface area contributed by atoms with Crippen LogP contribution in [-0.2, 0) is 6.54 Å². The number of piperidine rings is 1. The van der Waals surface area contributed by atoms with Crippen LogP contribution in [0.3, 0.4) is 0 Å². The van der Waals surface area contributed by atoms with Crippen molar-refractivity contribution in [2.24, 2.45) is 5.92 Å². The fourth-order valence-electron chi connectivity index (χ4n) is 6.50. The Balaban J connectivity index is 1.25. The Labute approximate surface area is 262 Å². The molecule has 10 heteroatoms. The fraction of sp³-hybridized carbons (Fsp3) is 0.200. The van der Waals surface area contributed by atoms with Crippen molar-refractivity contribution in [1.82, 2.24) is 4.57 Å². The summed E-state index contributed by atoms with van der Waals surface area (Å²) in [4.78, 5) is 55.6. The summed E-state index contributed by atoms with van der Waals surface area (Å²) in [6, 6.07) is 26.7. The van der Waals surface area contributed by atoms with Gasteiger partial charge in [0.05, 0.1) is 17.1 Å². The van der Waals surface area contributed by atoms with Gasteiger partial charge in [-0.3, -0.25) is 14.4 Å². The van der Waals surface area contributed by atoms with Gasteiger partial charge in [0.2, 0.25) is 0 Å². The van der Waals surface area contributed by atoms with Crippen LogP contribution >= 0.6 is 11.8 Å². The quantitative estimate of drug-likeness (QED) is 0.183. The third-order valence-corrected chi connectivity index (χ3v) is 9.36. The maximum absolute atomic E-state index is 13.6. The van der Waals surface area contributed by atoms with Gasteiger partial charge < -0.3 is 24.5 Å². The van der Waals surface area contributed by atoms with Crippen molar-refractivity contribution >= 4 is 51.6 Å². The third-order valence-electron chi connectivity index (χ3n) is 8.57. The Morgan fingerprint density at radius 1 is 0.822 bits per heavy atom. The highest BCUT2D eigenvalue weighted by molar-refractivity contribution is 7.98. The van der Waals surface area contributed by atoms with Crippen molar-refractivity contribution in [3.63, 3.8) is 0 Å². The Morgan fingerprint density at radius 2 is 1.62 bits per heavy atom. The molecule has 0 spiro atoms. The number of amides is 2. The molecule has 2 amide bonds. The molecule has 5 aromatic rings. The van der Waals surface area contributed by atoms with Crippen LogP contribution in [0.25, 0.3) is 11.0 Å². The lowest BCUT2D eigenvalue weighted by Crippen LogP contribution is -2.47. The first kappa shape index (κ1) is 28.7. The molecule has 7 rings (SSSR count). The molecular formula is C35H30N4O5S. The molecule has 4 heterocycles. The summed E-state index contributed by atoms with van der Waals surface area (Å²) in [6.07, 6.45) is 2.91. The first-order valence-corrected chi connectivity index (χ1v) is 16.0. The van der Waals surface area contributed by atoms with E-state index < -0.39 is 11.5 Å². The van der Waals surface area contributed by atoms with Gasteiger partial charge in [-0.2, -0.15) is 0 Å². The van der Waals surface area contributed by atoms with E-state index in [4.69, 9.17) is 4.42 Å². The number of hydrogen-bond donors (Lipinski definition) is 2. The molecular weight excluding hydrogens is 588 g/mol. The minimum atomic E-state index is -0.745. The zero-order valence-corrected chi connectivity index (χ0v) is 25.3. The monoisotopic (exact) mass is 618 g/mol. The molecule has 1 saturated heterocycles. The van der Waals surface area contributed by atoms with Crippen LogP contribution in [0.4, 0.5) is 17.1 Å². The number of rotatable bonds is 6. The summed E-state index contributed by atoms with van der Waals surface area (Å²) in [6.45, 7) is 1.93. The topological polar surface area (TPSA) is 114 Å². The predicted octanol–water partition coefficient (Wildman–Crippen LogP) is 5.80. The number of benzene rings is 3. The van der Waals surface area contributed by atoms with E-state index in [1.807, 2.05) is 47.2 Å². The minimum absolute atomic E-state index is 0.0104. The average molecular weight is 619 g/mol. The molecule has 2 bridgehead atoms. The molecule has 1 fully saturated rings. The number of fused-ring (bicyclic) bond motifs is 5. The molecule has 2 atom stereocenters.